The van der Waals surface area contributed by atoms with E-state index in [9.17, 15) is 0 Å². The van der Waals surface area contributed by atoms with Crippen molar-refractivity contribution < 1.29 is 0 Å². The molecule has 0 aromatic carbocycles. The first-order chi connectivity index (χ1) is 7.00. The molecule has 0 fully saturated rings. The van der Waals surface area contributed by atoms with Crippen molar-refractivity contribution in [2.45, 2.75) is 27.3 Å². The Morgan fingerprint density at radius 3 is 2.60 bits per heavy atom. The zero-order chi connectivity index (χ0) is 11.4. The van der Waals surface area contributed by atoms with Crippen LogP contribution in [0.5, 0.6) is 0 Å². The summed E-state index contributed by atoms with van der Waals surface area (Å²) in [4.78, 5) is 1.28. The first-order valence-corrected chi connectivity index (χ1v) is 7.14. The number of thiophene rings is 1. The Kier molecular flexibility index (Phi) is 5.61. The molecule has 1 atom stereocenters. The molecule has 0 saturated carbocycles. The molecule has 1 aromatic rings. The Morgan fingerprint density at radius 2 is 2.13 bits per heavy atom. The molecule has 0 radical (unpaired) electrons. The van der Waals surface area contributed by atoms with E-state index in [1.165, 1.54) is 4.88 Å². The molecular formula is C11H17BrClNS. The molecule has 1 aromatic heterocycles. The van der Waals surface area contributed by atoms with Crippen LogP contribution in [0.2, 0.25) is 4.34 Å². The summed E-state index contributed by atoms with van der Waals surface area (Å²) in [6, 6.07) is 2.08. The summed E-state index contributed by atoms with van der Waals surface area (Å²) in [6.45, 7) is 8.75. The van der Waals surface area contributed by atoms with Gasteiger partial charge in [0.05, 0.1) is 0 Å². The van der Waals surface area contributed by atoms with Gasteiger partial charge in [0.1, 0.15) is 4.34 Å². The van der Waals surface area contributed by atoms with E-state index in [1.807, 2.05) is 0 Å². The maximum absolute atomic E-state index is 5.97. The Balaban J connectivity index is 2.32. The summed E-state index contributed by atoms with van der Waals surface area (Å²) in [7, 11) is 0. The minimum absolute atomic E-state index is 0.712. The molecule has 1 unspecified atom stereocenters. The molecule has 0 aliphatic heterocycles. The van der Waals surface area contributed by atoms with Gasteiger partial charge in [-0.1, -0.05) is 32.4 Å². The van der Waals surface area contributed by atoms with Crippen molar-refractivity contribution >= 4 is 38.9 Å². The van der Waals surface area contributed by atoms with E-state index in [0.29, 0.717) is 5.92 Å². The van der Waals surface area contributed by atoms with Gasteiger partial charge in [-0.3, -0.25) is 0 Å². The van der Waals surface area contributed by atoms with Gasteiger partial charge in [-0.05, 0) is 40.4 Å². The Labute approximate surface area is 109 Å². The summed E-state index contributed by atoms with van der Waals surface area (Å²) < 4.78 is 1.84. The quantitative estimate of drug-likeness (QED) is 0.841. The smallest absolute Gasteiger partial charge is 0.107 e. The SMILES string of the molecule is CC(C)C(C)CNCc1cc(Br)c(Cl)s1. The fraction of sp³-hybridized carbons (Fsp3) is 0.636. The van der Waals surface area contributed by atoms with E-state index in [0.717, 1.165) is 27.8 Å². The summed E-state index contributed by atoms with van der Waals surface area (Å²) in [6.07, 6.45) is 0. The predicted octanol–water partition coefficient (Wildman–Crippen LogP) is 4.55. The van der Waals surface area contributed by atoms with Gasteiger partial charge >= 0.3 is 0 Å². The van der Waals surface area contributed by atoms with Crippen LogP contribution in [0, 0.1) is 11.8 Å². The summed E-state index contributed by atoms with van der Waals surface area (Å²) in [5.41, 5.74) is 0. The van der Waals surface area contributed by atoms with Gasteiger partial charge in [-0.2, -0.15) is 0 Å². The van der Waals surface area contributed by atoms with Crippen LogP contribution in [0.3, 0.4) is 0 Å². The monoisotopic (exact) mass is 309 g/mol. The van der Waals surface area contributed by atoms with Crippen molar-refractivity contribution in [3.05, 3.63) is 19.8 Å². The lowest BCUT2D eigenvalue weighted by Crippen LogP contribution is -2.23. The van der Waals surface area contributed by atoms with Crippen LogP contribution in [0.25, 0.3) is 0 Å². The van der Waals surface area contributed by atoms with Gasteiger partial charge in [0, 0.05) is 15.9 Å². The number of hydrogen-bond acceptors (Lipinski definition) is 2. The maximum Gasteiger partial charge on any atom is 0.107 e. The Hall–Kier alpha value is 0.430. The van der Waals surface area contributed by atoms with Crippen LogP contribution in [0.1, 0.15) is 25.6 Å². The second-order valence-electron chi connectivity index (χ2n) is 4.19. The third-order valence-corrected chi connectivity index (χ3v) is 5.07. The zero-order valence-electron chi connectivity index (χ0n) is 9.31. The minimum atomic E-state index is 0.712. The minimum Gasteiger partial charge on any atom is -0.312 e. The molecule has 1 N–H and O–H groups in total. The Bertz CT molecular complexity index is 292. The number of halogens is 2. The molecular weight excluding hydrogens is 294 g/mol. The lowest BCUT2D eigenvalue weighted by molar-refractivity contribution is 0.393. The van der Waals surface area contributed by atoms with Crippen LogP contribution in [-0.4, -0.2) is 6.54 Å². The van der Waals surface area contributed by atoms with Crippen LogP contribution >= 0.6 is 38.9 Å². The lowest BCUT2D eigenvalue weighted by Gasteiger charge is -2.15. The zero-order valence-corrected chi connectivity index (χ0v) is 12.5. The molecule has 1 rings (SSSR count). The molecule has 0 saturated heterocycles. The highest BCUT2D eigenvalue weighted by molar-refractivity contribution is 9.10. The lowest BCUT2D eigenvalue weighted by atomic mass is 9.98. The molecule has 4 heteroatoms. The normalized spacial score (nSPS) is 13.5. The Morgan fingerprint density at radius 1 is 1.47 bits per heavy atom. The van der Waals surface area contributed by atoms with Crippen LogP contribution in [0.4, 0.5) is 0 Å². The highest BCUT2D eigenvalue weighted by atomic mass is 79.9. The number of rotatable bonds is 5. The number of nitrogens with one attached hydrogen (secondary N) is 1. The maximum atomic E-state index is 5.97. The van der Waals surface area contributed by atoms with Crippen molar-refractivity contribution in [2.75, 3.05) is 6.54 Å². The summed E-state index contributed by atoms with van der Waals surface area (Å²) >= 11 is 11.0. The van der Waals surface area contributed by atoms with Gasteiger partial charge in [0.15, 0.2) is 0 Å². The van der Waals surface area contributed by atoms with Gasteiger partial charge < -0.3 is 5.32 Å². The topological polar surface area (TPSA) is 12.0 Å². The molecule has 1 nitrogen and oxygen atoms in total. The van der Waals surface area contributed by atoms with Gasteiger partial charge in [0.2, 0.25) is 0 Å². The summed E-state index contributed by atoms with van der Waals surface area (Å²) in [5, 5.41) is 3.45. The van der Waals surface area contributed by atoms with Gasteiger partial charge in [-0.15, -0.1) is 11.3 Å². The second-order valence-corrected chi connectivity index (χ2v) is 6.78. The van der Waals surface area contributed by atoms with Crippen molar-refractivity contribution in [2.24, 2.45) is 11.8 Å². The second kappa shape index (κ2) is 6.24. The van der Waals surface area contributed by atoms with E-state index >= 15 is 0 Å². The average Bonchev–Trinajstić information content (AvgIpc) is 2.46. The fourth-order valence-electron chi connectivity index (χ4n) is 1.14. The van der Waals surface area contributed by atoms with E-state index in [1.54, 1.807) is 11.3 Å². The van der Waals surface area contributed by atoms with E-state index < -0.39 is 0 Å². The largest absolute Gasteiger partial charge is 0.312 e. The molecule has 0 spiro atoms. The molecule has 0 bridgehead atoms. The van der Waals surface area contributed by atoms with Crippen molar-refractivity contribution in [1.29, 1.82) is 0 Å². The molecule has 0 aliphatic rings. The first-order valence-electron chi connectivity index (χ1n) is 5.15. The van der Waals surface area contributed by atoms with Gasteiger partial charge in [-0.25, -0.2) is 0 Å². The third kappa shape index (κ3) is 4.43. The van der Waals surface area contributed by atoms with Crippen molar-refractivity contribution in [3.8, 4) is 0 Å². The average molecular weight is 311 g/mol. The first kappa shape index (κ1) is 13.5. The predicted molar refractivity (Wildman–Crippen MR) is 72.7 cm³/mol. The molecule has 0 aliphatic carbocycles. The highest BCUT2D eigenvalue weighted by Crippen LogP contribution is 2.31. The molecule has 15 heavy (non-hydrogen) atoms. The fourth-order valence-corrected chi connectivity index (χ4v) is 2.90. The van der Waals surface area contributed by atoms with Crippen molar-refractivity contribution in [1.82, 2.24) is 5.32 Å². The van der Waals surface area contributed by atoms with E-state index in [4.69, 9.17) is 11.6 Å². The summed E-state index contributed by atoms with van der Waals surface area (Å²) in [5.74, 6) is 1.44. The van der Waals surface area contributed by atoms with Gasteiger partial charge in [0.25, 0.3) is 0 Å². The van der Waals surface area contributed by atoms with Crippen molar-refractivity contribution in [3.63, 3.8) is 0 Å². The van der Waals surface area contributed by atoms with Crippen LogP contribution < -0.4 is 5.32 Å². The highest BCUT2D eigenvalue weighted by Gasteiger charge is 2.07. The standard InChI is InChI=1S/C11H17BrClNS/c1-7(2)8(3)5-14-6-9-4-10(12)11(13)15-9/h4,7-8,14H,5-6H2,1-3H3. The molecule has 1 heterocycles. The van der Waals surface area contributed by atoms with E-state index in [-0.39, 0.29) is 0 Å². The number of hydrogen-bond donors (Lipinski definition) is 1. The van der Waals surface area contributed by atoms with Crippen LogP contribution in [-0.2, 0) is 6.54 Å². The third-order valence-electron chi connectivity index (χ3n) is 2.60. The van der Waals surface area contributed by atoms with E-state index in [2.05, 4.69) is 48.1 Å². The molecule has 0 amide bonds. The molecule has 86 valence electrons. The van der Waals surface area contributed by atoms with Crippen LogP contribution in [0.15, 0.2) is 10.5 Å².